The van der Waals surface area contributed by atoms with Crippen LogP contribution in [0.5, 0.6) is 0 Å². The van der Waals surface area contributed by atoms with E-state index in [1.165, 1.54) is 37.7 Å². The van der Waals surface area contributed by atoms with Crippen molar-refractivity contribution in [2.45, 2.75) is 71.0 Å². The van der Waals surface area contributed by atoms with E-state index in [1.807, 2.05) is 41.1 Å². The quantitative estimate of drug-likeness (QED) is 0.462. The zero-order chi connectivity index (χ0) is 22.2. The largest absolute Gasteiger partial charge is 0.331 e. The average molecular weight is 433 g/mol. The number of nitrogens with zero attached hydrogens (tertiary/aromatic N) is 5. The molecule has 2 heterocycles. The van der Waals surface area contributed by atoms with Crippen molar-refractivity contribution in [3.8, 4) is 0 Å². The minimum Gasteiger partial charge on any atom is -0.331 e. The molecule has 1 aromatic heterocycles. The molecule has 3 aromatic rings. The van der Waals surface area contributed by atoms with Crippen molar-refractivity contribution in [1.29, 1.82) is 0 Å². The molecule has 0 fully saturated rings. The third kappa shape index (κ3) is 5.15. The molecule has 1 atom stereocenters. The monoisotopic (exact) mass is 432 g/mol. The minimum atomic E-state index is -0.216. The van der Waals surface area contributed by atoms with Crippen molar-refractivity contribution in [2.75, 3.05) is 4.90 Å². The number of tetrazole rings is 1. The molecule has 4 rings (SSSR count). The Balaban J connectivity index is 1.54. The standard InChI is InChI=1S/C25H32N6O/c1-2-3-4-5-6-12-19-30-25(27-28-29-30)31-22-16-11-10-13-20(22)17-18-23(31)26-24(32)21-14-8-7-9-15-21/h7-11,13-16,23H,2-6,12,17-19H2,1H3,(H,26,32). The maximum absolute atomic E-state index is 12.9. The molecule has 0 radical (unpaired) electrons. The maximum Gasteiger partial charge on any atom is 0.252 e. The van der Waals surface area contributed by atoms with Gasteiger partial charge < -0.3 is 5.32 Å². The second-order valence-corrected chi connectivity index (χ2v) is 8.36. The van der Waals surface area contributed by atoms with Crippen molar-refractivity contribution in [2.24, 2.45) is 0 Å². The highest BCUT2D eigenvalue weighted by Gasteiger charge is 2.32. The lowest BCUT2D eigenvalue weighted by molar-refractivity contribution is 0.0934. The van der Waals surface area contributed by atoms with Crippen molar-refractivity contribution in [1.82, 2.24) is 25.5 Å². The number of carbonyl (C=O) groups is 1. The van der Waals surface area contributed by atoms with Gasteiger partial charge >= 0.3 is 0 Å². The summed E-state index contributed by atoms with van der Waals surface area (Å²) in [5.74, 6) is 0.596. The Morgan fingerprint density at radius 3 is 2.59 bits per heavy atom. The summed E-state index contributed by atoms with van der Waals surface area (Å²) in [6.45, 7) is 3.00. The summed E-state index contributed by atoms with van der Waals surface area (Å²) in [7, 11) is 0. The molecular formula is C25H32N6O. The molecule has 0 saturated carbocycles. The Labute approximate surface area is 189 Å². The van der Waals surface area contributed by atoms with E-state index >= 15 is 0 Å². The van der Waals surface area contributed by atoms with Gasteiger partial charge in [-0.1, -0.05) is 80.5 Å². The molecule has 1 aliphatic rings. The number of nitrogens with one attached hydrogen (secondary N) is 1. The second-order valence-electron chi connectivity index (χ2n) is 8.36. The van der Waals surface area contributed by atoms with E-state index in [-0.39, 0.29) is 12.1 Å². The number of rotatable bonds is 10. The first-order valence-corrected chi connectivity index (χ1v) is 11.8. The Hall–Kier alpha value is -3.22. The van der Waals surface area contributed by atoms with Crippen LogP contribution in [-0.2, 0) is 13.0 Å². The summed E-state index contributed by atoms with van der Waals surface area (Å²) < 4.78 is 1.88. The van der Waals surface area contributed by atoms with Crippen LogP contribution in [0.1, 0.15) is 67.8 Å². The Bertz CT molecular complexity index is 1000. The Morgan fingerprint density at radius 1 is 1.00 bits per heavy atom. The molecule has 168 valence electrons. The van der Waals surface area contributed by atoms with Gasteiger partial charge in [-0.25, -0.2) is 4.68 Å². The van der Waals surface area contributed by atoms with Gasteiger partial charge in [-0.3, -0.25) is 9.69 Å². The van der Waals surface area contributed by atoms with Crippen LogP contribution < -0.4 is 10.2 Å². The van der Waals surface area contributed by atoms with Gasteiger partial charge in [-0.2, -0.15) is 0 Å². The van der Waals surface area contributed by atoms with Gasteiger partial charge in [0.1, 0.15) is 6.17 Å². The summed E-state index contributed by atoms with van der Waals surface area (Å²) in [6, 6.07) is 17.6. The van der Waals surface area contributed by atoms with Crippen LogP contribution in [0, 0.1) is 0 Å². The molecule has 1 unspecified atom stereocenters. The van der Waals surface area contributed by atoms with Gasteiger partial charge in [-0.05, 0) is 53.5 Å². The summed E-state index contributed by atoms with van der Waals surface area (Å²) in [4.78, 5) is 15.0. The number of carbonyl (C=O) groups excluding carboxylic acids is 1. The number of para-hydroxylation sites is 1. The molecule has 7 nitrogen and oxygen atoms in total. The number of fused-ring (bicyclic) bond motifs is 1. The fourth-order valence-corrected chi connectivity index (χ4v) is 4.31. The van der Waals surface area contributed by atoms with E-state index in [4.69, 9.17) is 0 Å². The smallest absolute Gasteiger partial charge is 0.252 e. The molecule has 0 saturated heterocycles. The van der Waals surface area contributed by atoms with Crippen molar-refractivity contribution in [3.63, 3.8) is 0 Å². The normalized spacial score (nSPS) is 15.4. The minimum absolute atomic E-state index is 0.0880. The molecule has 7 heteroatoms. The predicted octanol–water partition coefficient (Wildman–Crippen LogP) is 4.87. The molecule has 0 bridgehead atoms. The van der Waals surface area contributed by atoms with Crippen molar-refractivity contribution >= 4 is 17.5 Å². The number of unbranched alkanes of at least 4 members (excludes halogenated alkanes) is 5. The van der Waals surface area contributed by atoms with Gasteiger partial charge in [-0.15, -0.1) is 0 Å². The molecule has 32 heavy (non-hydrogen) atoms. The van der Waals surface area contributed by atoms with E-state index in [9.17, 15) is 4.79 Å². The second kappa shape index (κ2) is 10.9. The fourth-order valence-electron chi connectivity index (χ4n) is 4.31. The topological polar surface area (TPSA) is 75.9 Å². The van der Waals surface area contributed by atoms with Crippen molar-refractivity contribution in [3.05, 3.63) is 65.7 Å². The Kier molecular flexibility index (Phi) is 7.48. The first-order valence-electron chi connectivity index (χ1n) is 11.8. The van der Waals surface area contributed by atoms with Gasteiger partial charge in [0.2, 0.25) is 0 Å². The summed E-state index contributed by atoms with van der Waals surface area (Å²) >= 11 is 0. The molecule has 2 aromatic carbocycles. The molecule has 1 aliphatic heterocycles. The van der Waals surface area contributed by atoms with Gasteiger partial charge in [0.25, 0.3) is 11.9 Å². The van der Waals surface area contributed by atoms with E-state index < -0.39 is 0 Å². The number of hydrogen-bond donors (Lipinski definition) is 1. The molecule has 0 aliphatic carbocycles. The van der Waals surface area contributed by atoms with Crippen LogP contribution in [0.2, 0.25) is 0 Å². The van der Waals surface area contributed by atoms with Gasteiger partial charge in [0, 0.05) is 17.8 Å². The van der Waals surface area contributed by atoms with Crippen LogP contribution in [-0.4, -0.2) is 32.3 Å². The predicted molar refractivity (Wildman–Crippen MR) is 126 cm³/mol. The van der Waals surface area contributed by atoms with Crippen LogP contribution in [0.4, 0.5) is 11.6 Å². The summed E-state index contributed by atoms with van der Waals surface area (Å²) in [5, 5.41) is 15.8. The third-order valence-corrected chi connectivity index (χ3v) is 6.04. The van der Waals surface area contributed by atoms with Crippen LogP contribution in [0.25, 0.3) is 0 Å². The number of benzene rings is 2. The first-order chi connectivity index (χ1) is 15.8. The zero-order valence-corrected chi connectivity index (χ0v) is 18.8. The first kappa shape index (κ1) is 22.0. The van der Waals surface area contributed by atoms with E-state index in [1.54, 1.807) is 0 Å². The van der Waals surface area contributed by atoms with E-state index in [2.05, 4.69) is 50.9 Å². The summed E-state index contributed by atoms with van der Waals surface area (Å²) in [6.07, 6.45) is 8.75. The fraction of sp³-hybridized carbons (Fsp3) is 0.440. The molecular weight excluding hydrogens is 400 g/mol. The number of anilines is 2. The lowest BCUT2D eigenvalue weighted by Gasteiger charge is -2.37. The summed E-state index contributed by atoms with van der Waals surface area (Å²) in [5.41, 5.74) is 2.95. The highest BCUT2D eigenvalue weighted by Crippen LogP contribution is 2.35. The van der Waals surface area contributed by atoms with Gasteiger partial charge in [0.05, 0.1) is 0 Å². The highest BCUT2D eigenvalue weighted by molar-refractivity contribution is 5.94. The lowest BCUT2D eigenvalue weighted by Crippen LogP contribution is -2.49. The molecule has 1 amide bonds. The van der Waals surface area contributed by atoms with Crippen LogP contribution >= 0.6 is 0 Å². The van der Waals surface area contributed by atoms with Gasteiger partial charge in [0.15, 0.2) is 0 Å². The van der Waals surface area contributed by atoms with Crippen LogP contribution in [0.3, 0.4) is 0 Å². The SMILES string of the molecule is CCCCCCCCn1nnnc1N1c2ccccc2CCC1NC(=O)c1ccccc1. The Morgan fingerprint density at radius 2 is 1.75 bits per heavy atom. The number of aryl methyl sites for hydroxylation is 2. The number of hydrogen-bond acceptors (Lipinski definition) is 5. The lowest BCUT2D eigenvalue weighted by atomic mass is 9.99. The zero-order valence-electron chi connectivity index (χ0n) is 18.8. The molecule has 0 spiro atoms. The van der Waals surface area contributed by atoms with E-state index in [0.29, 0.717) is 11.5 Å². The number of aromatic nitrogens is 4. The number of amides is 1. The van der Waals surface area contributed by atoms with Crippen LogP contribution in [0.15, 0.2) is 54.6 Å². The van der Waals surface area contributed by atoms with E-state index in [0.717, 1.165) is 31.5 Å². The third-order valence-electron chi connectivity index (χ3n) is 6.04. The van der Waals surface area contributed by atoms with Crippen molar-refractivity contribution < 1.29 is 4.79 Å². The average Bonchev–Trinajstić information content (AvgIpc) is 3.29. The maximum atomic E-state index is 12.9. The molecule has 1 N–H and O–H groups in total. The highest BCUT2D eigenvalue weighted by atomic mass is 16.1.